The number of fused-ring (bicyclic) bond motifs is 9. The minimum atomic E-state index is -0.725. The number of aromatic nitrogens is 2. The molecule has 9 nitrogen and oxygen atoms in total. The number of benzene rings is 2. The van der Waals surface area contributed by atoms with Crippen LogP contribution >= 0.6 is 0 Å². The minimum absolute atomic E-state index is 0.00289. The number of allylic oxidation sites excluding steroid dienone is 1. The van der Waals surface area contributed by atoms with Crippen molar-refractivity contribution in [1.82, 2.24) is 19.8 Å². The first-order valence-electron chi connectivity index (χ1n) is 19.3. The Kier molecular flexibility index (Phi) is 8.12. The number of carbonyl (C=O) groups excluding carboxylic acids is 2. The molecule has 9 atom stereocenters. The van der Waals surface area contributed by atoms with E-state index in [2.05, 4.69) is 83.1 Å². The van der Waals surface area contributed by atoms with Gasteiger partial charge in [-0.25, -0.2) is 0 Å². The molecular formula is C43H52N4O5. The first-order chi connectivity index (χ1) is 25.3. The average Bonchev–Trinajstić information content (AvgIpc) is 3.69. The summed E-state index contributed by atoms with van der Waals surface area (Å²) in [6, 6.07) is 13.2. The van der Waals surface area contributed by atoms with Crippen molar-refractivity contribution in [3.05, 3.63) is 76.1 Å². The fourth-order valence-corrected chi connectivity index (χ4v) is 12.1. The number of likely N-dealkylation sites (tertiary alicyclic amines) is 1. The van der Waals surface area contributed by atoms with E-state index >= 15 is 0 Å². The number of aromatic amines is 2. The Morgan fingerprint density at radius 1 is 1.02 bits per heavy atom. The van der Waals surface area contributed by atoms with E-state index in [0.717, 1.165) is 85.2 Å². The molecule has 1 saturated carbocycles. The van der Waals surface area contributed by atoms with Crippen LogP contribution in [0.2, 0.25) is 0 Å². The van der Waals surface area contributed by atoms with Gasteiger partial charge >= 0.3 is 11.9 Å². The molecule has 4 aliphatic heterocycles. The van der Waals surface area contributed by atoms with Gasteiger partial charge in [0, 0.05) is 82.5 Å². The van der Waals surface area contributed by atoms with Crippen LogP contribution in [0.15, 0.2) is 48.0 Å². The van der Waals surface area contributed by atoms with Gasteiger partial charge in [0.1, 0.15) is 11.2 Å². The Morgan fingerprint density at radius 3 is 2.60 bits per heavy atom. The largest absolute Gasteiger partial charge is 0.496 e. The summed E-state index contributed by atoms with van der Waals surface area (Å²) in [5, 5.41) is 2.36. The number of para-hydroxylation sites is 1. The Morgan fingerprint density at radius 2 is 1.85 bits per heavy atom. The number of esters is 2. The molecule has 0 radical (unpaired) electrons. The van der Waals surface area contributed by atoms with Gasteiger partial charge in [-0.3, -0.25) is 19.4 Å². The number of hydrogen-bond acceptors (Lipinski definition) is 7. The van der Waals surface area contributed by atoms with Gasteiger partial charge in [-0.1, -0.05) is 43.2 Å². The second kappa shape index (κ2) is 12.5. The normalized spacial score (nSPS) is 33.2. The molecular weight excluding hydrogens is 652 g/mol. The van der Waals surface area contributed by atoms with Crippen LogP contribution in [0.25, 0.3) is 21.8 Å². The van der Waals surface area contributed by atoms with E-state index in [1.54, 1.807) is 14.2 Å². The number of piperidine rings is 3. The monoisotopic (exact) mass is 704 g/mol. The SMILES string of the molecule is C/C=C1/CN(C)[C@H]2Cc3c([nH]c4ccccc34)C(c3cc4c5c([nH]c4cc3OC)[C@]3(C(=O)OC)C[C@H]4C[C@H](CC)[C@@H]3N(CC5)C4)C[C@@H]1[C@@H]2C(=O)OC. The minimum Gasteiger partial charge on any atom is -0.496 e. The number of H-pyrrole nitrogens is 2. The maximum atomic E-state index is 14.2. The molecule has 6 aliphatic rings. The fourth-order valence-electron chi connectivity index (χ4n) is 12.1. The molecule has 4 aromatic rings. The third kappa shape index (κ3) is 4.67. The van der Waals surface area contributed by atoms with E-state index in [-0.39, 0.29) is 41.8 Å². The van der Waals surface area contributed by atoms with E-state index < -0.39 is 5.41 Å². The average molecular weight is 705 g/mol. The zero-order chi connectivity index (χ0) is 36.1. The van der Waals surface area contributed by atoms with Gasteiger partial charge in [0.2, 0.25) is 0 Å². The molecule has 0 spiro atoms. The maximum absolute atomic E-state index is 14.2. The number of nitrogens with zero attached hydrogens (tertiary/aromatic N) is 2. The highest BCUT2D eigenvalue weighted by Gasteiger charge is 2.62. The summed E-state index contributed by atoms with van der Waals surface area (Å²) in [5.41, 5.74) is 8.50. The van der Waals surface area contributed by atoms with Gasteiger partial charge in [0.25, 0.3) is 0 Å². The zero-order valence-corrected chi connectivity index (χ0v) is 31.4. The number of likely N-dealkylation sites (N-methyl/N-ethyl adjacent to an activating group) is 1. The summed E-state index contributed by atoms with van der Waals surface area (Å²) in [7, 11) is 6.98. The molecule has 2 aromatic heterocycles. The zero-order valence-electron chi connectivity index (χ0n) is 31.4. The highest BCUT2D eigenvalue weighted by atomic mass is 16.5. The molecule has 0 amide bonds. The second-order valence-electron chi connectivity index (χ2n) is 16.3. The molecule has 6 heterocycles. The van der Waals surface area contributed by atoms with Crippen molar-refractivity contribution in [2.75, 3.05) is 48.0 Å². The van der Waals surface area contributed by atoms with Crippen molar-refractivity contribution in [2.24, 2.45) is 23.7 Å². The topological polar surface area (TPSA) is 99.9 Å². The molecule has 4 fully saturated rings. The maximum Gasteiger partial charge on any atom is 0.319 e. The Bertz CT molecular complexity index is 2110. The van der Waals surface area contributed by atoms with Gasteiger partial charge in [-0.2, -0.15) is 0 Å². The molecule has 10 rings (SSSR count). The van der Waals surface area contributed by atoms with E-state index in [1.165, 1.54) is 41.3 Å². The molecule has 6 bridgehead atoms. The van der Waals surface area contributed by atoms with E-state index in [4.69, 9.17) is 14.2 Å². The van der Waals surface area contributed by atoms with Crippen molar-refractivity contribution >= 4 is 33.7 Å². The standard InChI is InChI=1S/C43H52N4O5/c1-7-24-15-23-20-43(42(49)52-6)39-27(13-14-47(21-23)40(24)43)29-17-30(36(50-4)19-34(29)45-39)31-16-28-25(8-2)22-46(3)35(37(28)41(48)51-5)18-32-26-11-9-10-12-33(26)44-38(31)32/h8-12,17,19,23-24,28,31,35,37,40,44-45H,7,13-16,18,20-22H2,1-6H3/b25-8-/t23-,24+,28+,31?,35+,37+,40+,43-/m1/s1. The second-order valence-corrected chi connectivity index (χ2v) is 16.3. The predicted octanol–water partition coefficient (Wildman–Crippen LogP) is 6.49. The summed E-state index contributed by atoms with van der Waals surface area (Å²) >= 11 is 0. The van der Waals surface area contributed by atoms with Gasteiger partial charge in [-0.15, -0.1) is 0 Å². The highest BCUT2D eigenvalue weighted by molar-refractivity contribution is 5.93. The van der Waals surface area contributed by atoms with Crippen LogP contribution in [0, 0.1) is 23.7 Å². The predicted molar refractivity (Wildman–Crippen MR) is 202 cm³/mol. The van der Waals surface area contributed by atoms with Crippen LogP contribution in [-0.2, 0) is 37.3 Å². The Hall–Kier alpha value is -4.08. The lowest BCUT2D eigenvalue weighted by Crippen LogP contribution is -2.67. The number of ether oxygens (including phenoxy) is 3. The third-order valence-corrected chi connectivity index (χ3v) is 14.1. The van der Waals surface area contributed by atoms with Crippen molar-refractivity contribution in [3.63, 3.8) is 0 Å². The Labute approximate surface area is 306 Å². The summed E-state index contributed by atoms with van der Waals surface area (Å²) in [4.78, 5) is 40.7. The Balaban J connectivity index is 1.28. The highest BCUT2D eigenvalue weighted by Crippen LogP contribution is 2.56. The van der Waals surface area contributed by atoms with Gasteiger partial charge in [0.15, 0.2) is 0 Å². The fraction of sp³-hybridized carbons (Fsp3) is 0.535. The summed E-state index contributed by atoms with van der Waals surface area (Å²) in [6.45, 7) is 7.17. The number of rotatable bonds is 5. The molecule has 2 aromatic carbocycles. The number of carbonyl (C=O) groups is 2. The molecule has 2 N–H and O–H groups in total. The quantitative estimate of drug-likeness (QED) is 0.181. The molecule has 274 valence electrons. The molecule has 3 saturated heterocycles. The first-order valence-corrected chi connectivity index (χ1v) is 19.3. The number of methoxy groups -OCH3 is 3. The smallest absolute Gasteiger partial charge is 0.319 e. The van der Waals surface area contributed by atoms with E-state index in [9.17, 15) is 9.59 Å². The van der Waals surface area contributed by atoms with Crippen molar-refractivity contribution in [1.29, 1.82) is 0 Å². The van der Waals surface area contributed by atoms with Crippen LogP contribution < -0.4 is 4.74 Å². The molecule has 2 unspecified atom stereocenters. The van der Waals surface area contributed by atoms with Crippen LogP contribution in [0.5, 0.6) is 5.75 Å². The van der Waals surface area contributed by atoms with E-state index in [0.29, 0.717) is 11.8 Å². The molecule has 9 heteroatoms. The van der Waals surface area contributed by atoms with Crippen LogP contribution in [0.4, 0.5) is 0 Å². The van der Waals surface area contributed by atoms with Gasteiger partial charge in [-0.05, 0) is 87.1 Å². The van der Waals surface area contributed by atoms with Crippen LogP contribution in [0.1, 0.15) is 73.5 Å². The van der Waals surface area contributed by atoms with Crippen LogP contribution in [0.3, 0.4) is 0 Å². The lowest BCUT2D eigenvalue weighted by atomic mass is 9.56. The summed E-state index contributed by atoms with van der Waals surface area (Å²) in [6.07, 6.45) is 7.60. The molecule has 52 heavy (non-hydrogen) atoms. The van der Waals surface area contributed by atoms with Gasteiger partial charge < -0.3 is 24.2 Å². The first kappa shape index (κ1) is 33.7. The summed E-state index contributed by atoms with van der Waals surface area (Å²) < 4.78 is 17.6. The lowest BCUT2D eigenvalue weighted by molar-refractivity contribution is -0.162. The third-order valence-electron chi connectivity index (χ3n) is 14.1. The number of hydrogen-bond donors (Lipinski definition) is 2. The van der Waals surface area contributed by atoms with Crippen LogP contribution in [-0.4, -0.2) is 91.8 Å². The van der Waals surface area contributed by atoms with E-state index in [1.807, 2.05) is 0 Å². The van der Waals surface area contributed by atoms with Crippen molar-refractivity contribution in [3.8, 4) is 5.75 Å². The molecule has 2 aliphatic carbocycles. The van der Waals surface area contributed by atoms with Gasteiger partial charge in [0.05, 0.1) is 27.2 Å². The van der Waals surface area contributed by atoms with Crippen molar-refractivity contribution < 1.29 is 23.8 Å². The lowest BCUT2D eigenvalue weighted by Gasteiger charge is -2.57. The van der Waals surface area contributed by atoms with Crippen molar-refractivity contribution in [2.45, 2.75) is 75.8 Å². The number of nitrogens with one attached hydrogen (secondary N) is 2. The summed E-state index contributed by atoms with van der Waals surface area (Å²) in [5.74, 6) is 1.10.